The molecule has 2 N–H and O–H groups in total. The number of nitrogens with one attached hydrogen (secondary N) is 1. The van der Waals surface area contributed by atoms with Crippen molar-refractivity contribution in [3.8, 4) is 10.6 Å². The van der Waals surface area contributed by atoms with Crippen LogP contribution in [-0.2, 0) is 0 Å². The highest BCUT2D eigenvalue weighted by atomic mass is 32.1. The number of carbonyl (C=O) groups is 1. The third kappa shape index (κ3) is 2.62. The molecule has 1 saturated carbocycles. The van der Waals surface area contributed by atoms with Gasteiger partial charge < -0.3 is 14.8 Å². The first kappa shape index (κ1) is 13.3. The van der Waals surface area contributed by atoms with Crippen LogP contribution < -0.4 is 5.32 Å². The van der Waals surface area contributed by atoms with Crippen molar-refractivity contribution in [1.29, 1.82) is 0 Å². The predicted octanol–water partition coefficient (Wildman–Crippen LogP) is 2.29. The molecule has 20 heavy (non-hydrogen) atoms. The standard InChI is InChI=1S/C14H16N2O3S/c17-10-4-1-3-9(10)7-15-14(18)12-13(19-8-16-12)11-5-2-6-20-11/h2,5-6,8-10,17H,1,3-4,7H2,(H,15,18). The van der Waals surface area contributed by atoms with Crippen LogP contribution in [0.2, 0.25) is 0 Å². The number of rotatable bonds is 4. The molecule has 0 aromatic carbocycles. The highest BCUT2D eigenvalue weighted by Gasteiger charge is 2.26. The fraction of sp³-hybridized carbons (Fsp3) is 0.429. The first-order chi connectivity index (χ1) is 9.75. The summed E-state index contributed by atoms with van der Waals surface area (Å²) in [4.78, 5) is 17.1. The number of aliphatic hydroxyl groups is 1. The molecule has 2 heterocycles. The molecule has 1 fully saturated rings. The van der Waals surface area contributed by atoms with Crippen molar-refractivity contribution in [2.75, 3.05) is 6.54 Å². The quantitative estimate of drug-likeness (QED) is 0.906. The van der Waals surface area contributed by atoms with Crippen molar-refractivity contribution in [1.82, 2.24) is 10.3 Å². The van der Waals surface area contributed by atoms with Crippen molar-refractivity contribution in [2.24, 2.45) is 5.92 Å². The predicted molar refractivity (Wildman–Crippen MR) is 75.5 cm³/mol. The summed E-state index contributed by atoms with van der Waals surface area (Å²) in [6, 6.07) is 3.79. The Morgan fingerprint density at radius 3 is 3.15 bits per heavy atom. The molecule has 106 valence electrons. The van der Waals surface area contributed by atoms with E-state index in [2.05, 4.69) is 10.3 Å². The molecule has 2 aromatic rings. The van der Waals surface area contributed by atoms with Crippen LogP contribution in [0.25, 0.3) is 10.6 Å². The van der Waals surface area contributed by atoms with Gasteiger partial charge >= 0.3 is 0 Å². The maximum absolute atomic E-state index is 12.2. The van der Waals surface area contributed by atoms with Crippen LogP contribution in [-0.4, -0.2) is 28.6 Å². The molecule has 2 aromatic heterocycles. The van der Waals surface area contributed by atoms with Crippen LogP contribution in [0.4, 0.5) is 0 Å². The van der Waals surface area contributed by atoms with Crippen LogP contribution in [0.5, 0.6) is 0 Å². The van der Waals surface area contributed by atoms with E-state index in [1.165, 1.54) is 17.7 Å². The van der Waals surface area contributed by atoms with Gasteiger partial charge in [0.05, 0.1) is 11.0 Å². The summed E-state index contributed by atoms with van der Waals surface area (Å²) in [6.07, 6.45) is 3.79. The zero-order chi connectivity index (χ0) is 13.9. The third-order valence-corrected chi connectivity index (χ3v) is 4.54. The van der Waals surface area contributed by atoms with Gasteiger partial charge in [-0.1, -0.05) is 12.5 Å². The number of thiophene rings is 1. The normalized spacial score (nSPS) is 22.1. The largest absolute Gasteiger partial charge is 0.442 e. The van der Waals surface area contributed by atoms with Gasteiger partial charge in [0.1, 0.15) is 0 Å². The molecule has 0 saturated heterocycles. The second kappa shape index (κ2) is 5.76. The Labute approximate surface area is 120 Å². The van der Waals surface area contributed by atoms with Crippen LogP contribution in [0, 0.1) is 5.92 Å². The molecule has 3 rings (SSSR count). The van der Waals surface area contributed by atoms with Crippen molar-refractivity contribution < 1.29 is 14.3 Å². The van der Waals surface area contributed by atoms with Crippen molar-refractivity contribution >= 4 is 17.2 Å². The lowest BCUT2D eigenvalue weighted by atomic mass is 10.1. The van der Waals surface area contributed by atoms with Crippen molar-refractivity contribution in [3.05, 3.63) is 29.6 Å². The Bertz CT molecular complexity index is 579. The Morgan fingerprint density at radius 1 is 1.55 bits per heavy atom. The van der Waals surface area contributed by atoms with E-state index in [1.807, 2.05) is 17.5 Å². The number of amides is 1. The molecule has 0 aliphatic heterocycles. The van der Waals surface area contributed by atoms with Gasteiger partial charge in [-0.3, -0.25) is 4.79 Å². The maximum atomic E-state index is 12.2. The Hall–Kier alpha value is -1.66. The lowest BCUT2D eigenvalue weighted by molar-refractivity contribution is 0.0913. The zero-order valence-electron chi connectivity index (χ0n) is 10.9. The van der Waals surface area contributed by atoms with Gasteiger partial charge in [-0.2, -0.15) is 0 Å². The Kier molecular flexibility index (Phi) is 3.84. The number of nitrogens with zero attached hydrogens (tertiary/aromatic N) is 1. The fourth-order valence-corrected chi connectivity index (χ4v) is 3.27. The minimum Gasteiger partial charge on any atom is -0.442 e. The first-order valence-corrected chi connectivity index (χ1v) is 7.57. The number of aromatic nitrogens is 1. The van der Waals surface area contributed by atoms with E-state index in [0.717, 1.165) is 24.1 Å². The van der Waals surface area contributed by atoms with Gasteiger partial charge in [0.2, 0.25) is 0 Å². The van der Waals surface area contributed by atoms with E-state index in [9.17, 15) is 9.90 Å². The summed E-state index contributed by atoms with van der Waals surface area (Å²) in [5, 5.41) is 14.5. The first-order valence-electron chi connectivity index (χ1n) is 6.69. The molecule has 0 radical (unpaired) electrons. The number of hydrogen-bond acceptors (Lipinski definition) is 5. The maximum Gasteiger partial charge on any atom is 0.273 e. The topological polar surface area (TPSA) is 75.4 Å². The number of carbonyl (C=O) groups excluding carboxylic acids is 1. The molecule has 1 amide bonds. The molecule has 2 unspecified atom stereocenters. The molecule has 6 heteroatoms. The van der Waals surface area contributed by atoms with Gasteiger partial charge in [-0.25, -0.2) is 4.98 Å². The molecule has 5 nitrogen and oxygen atoms in total. The number of aliphatic hydroxyl groups excluding tert-OH is 1. The van der Waals surface area contributed by atoms with E-state index >= 15 is 0 Å². The van der Waals surface area contributed by atoms with Gasteiger partial charge in [0.15, 0.2) is 17.8 Å². The molecule has 2 atom stereocenters. The zero-order valence-corrected chi connectivity index (χ0v) is 11.7. The molecule has 0 bridgehead atoms. The third-order valence-electron chi connectivity index (χ3n) is 3.67. The van der Waals surface area contributed by atoms with E-state index in [4.69, 9.17) is 4.42 Å². The van der Waals surface area contributed by atoms with Crippen LogP contribution >= 0.6 is 11.3 Å². The van der Waals surface area contributed by atoms with Gasteiger partial charge in [0, 0.05) is 12.5 Å². The Balaban J connectivity index is 1.67. The second-order valence-electron chi connectivity index (χ2n) is 4.98. The van der Waals surface area contributed by atoms with E-state index < -0.39 is 0 Å². The summed E-state index contributed by atoms with van der Waals surface area (Å²) in [5.41, 5.74) is 0.305. The Morgan fingerprint density at radius 2 is 2.45 bits per heavy atom. The minimum absolute atomic E-state index is 0.149. The van der Waals surface area contributed by atoms with E-state index in [0.29, 0.717) is 18.0 Å². The smallest absolute Gasteiger partial charge is 0.273 e. The van der Waals surface area contributed by atoms with Crippen molar-refractivity contribution in [2.45, 2.75) is 25.4 Å². The summed E-state index contributed by atoms with van der Waals surface area (Å²) >= 11 is 1.50. The lowest BCUT2D eigenvalue weighted by Gasteiger charge is -2.14. The SMILES string of the molecule is O=C(NCC1CCCC1O)c1ncoc1-c1cccs1. The molecule has 1 aliphatic rings. The fourth-order valence-electron chi connectivity index (χ4n) is 2.55. The molecule has 0 spiro atoms. The highest BCUT2D eigenvalue weighted by Crippen LogP contribution is 2.28. The van der Waals surface area contributed by atoms with Gasteiger partial charge in [0.25, 0.3) is 5.91 Å². The second-order valence-corrected chi connectivity index (χ2v) is 5.92. The highest BCUT2D eigenvalue weighted by molar-refractivity contribution is 7.13. The van der Waals surface area contributed by atoms with Crippen LogP contribution in [0.15, 0.2) is 28.3 Å². The van der Waals surface area contributed by atoms with Gasteiger partial charge in [-0.05, 0) is 24.3 Å². The molecular formula is C14H16N2O3S. The lowest BCUT2D eigenvalue weighted by Crippen LogP contribution is -2.32. The average Bonchev–Trinajstić information content (AvgIpc) is 3.17. The summed E-state index contributed by atoms with van der Waals surface area (Å²) in [6.45, 7) is 0.483. The number of hydrogen-bond donors (Lipinski definition) is 2. The molecular weight excluding hydrogens is 276 g/mol. The molecule has 1 aliphatic carbocycles. The number of oxazole rings is 1. The summed E-state index contributed by atoms with van der Waals surface area (Å²) < 4.78 is 5.31. The monoisotopic (exact) mass is 292 g/mol. The van der Waals surface area contributed by atoms with E-state index in [1.54, 1.807) is 0 Å². The minimum atomic E-state index is -0.302. The average molecular weight is 292 g/mol. The summed E-state index contributed by atoms with van der Waals surface area (Å²) in [5.74, 6) is 0.404. The van der Waals surface area contributed by atoms with Crippen molar-refractivity contribution in [3.63, 3.8) is 0 Å². The van der Waals surface area contributed by atoms with Gasteiger partial charge in [-0.15, -0.1) is 11.3 Å². The van der Waals surface area contributed by atoms with Crippen LogP contribution in [0.1, 0.15) is 29.8 Å². The van der Waals surface area contributed by atoms with E-state index in [-0.39, 0.29) is 17.9 Å². The van der Waals surface area contributed by atoms with Crippen LogP contribution in [0.3, 0.4) is 0 Å². The summed E-state index contributed by atoms with van der Waals surface area (Å²) in [7, 11) is 0.